The van der Waals surface area contributed by atoms with Gasteiger partial charge in [-0.3, -0.25) is 4.99 Å². The Balaban J connectivity index is 1.55. The summed E-state index contributed by atoms with van der Waals surface area (Å²) in [6, 6.07) is 1.45. The number of aliphatic imine (C=N–C) groups is 1. The fourth-order valence-electron chi connectivity index (χ4n) is 4.27. The number of urea groups is 1. The molecule has 9 heteroatoms. The van der Waals surface area contributed by atoms with Gasteiger partial charge in [-0.2, -0.15) is 0 Å². The molecule has 29 heavy (non-hydrogen) atoms. The SMILES string of the molecule is C[C@@H]1CN=C(C(=CN)S(=O)(=O)NC(=O)Nc2c3c(cc4c2CCC4)CCC3)OC1. The van der Waals surface area contributed by atoms with E-state index in [0.29, 0.717) is 13.2 Å². The molecule has 0 radical (unpaired) electrons. The van der Waals surface area contributed by atoms with Crippen molar-refractivity contribution in [2.75, 3.05) is 18.5 Å². The van der Waals surface area contributed by atoms with Gasteiger partial charge in [0, 0.05) is 24.4 Å². The molecule has 1 heterocycles. The van der Waals surface area contributed by atoms with Crippen LogP contribution in [0.2, 0.25) is 0 Å². The number of rotatable bonds is 4. The van der Waals surface area contributed by atoms with Crippen LogP contribution in [0.1, 0.15) is 42.0 Å². The molecule has 4 N–H and O–H groups in total. The molecule has 0 fully saturated rings. The van der Waals surface area contributed by atoms with E-state index in [1.807, 2.05) is 6.92 Å². The molecule has 0 bridgehead atoms. The number of carbonyl (C=O) groups excluding carboxylic acids is 1. The van der Waals surface area contributed by atoms with Crippen LogP contribution in [0.3, 0.4) is 0 Å². The van der Waals surface area contributed by atoms with E-state index in [-0.39, 0.29) is 16.7 Å². The first kappa shape index (κ1) is 19.8. The number of nitrogens with one attached hydrogen (secondary N) is 2. The van der Waals surface area contributed by atoms with Gasteiger partial charge in [0.1, 0.15) is 0 Å². The number of sulfonamides is 1. The summed E-state index contributed by atoms with van der Waals surface area (Å²) in [5.74, 6) is 0.131. The largest absolute Gasteiger partial charge is 0.477 e. The predicted octanol–water partition coefficient (Wildman–Crippen LogP) is 1.98. The third kappa shape index (κ3) is 3.83. The zero-order chi connectivity index (χ0) is 20.6. The van der Waals surface area contributed by atoms with Crippen LogP contribution >= 0.6 is 0 Å². The van der Waals surface area contributed by atoms with Gasteiger partial charge in [0.15, 0.2) is 4.91 Å². The molecule has 0 unspecified atom stereocenters. The Morgan fingerprint density at radius 1 is 1.21 bits per heavy atom. The minimum absolute atomic E-state index is 0.0626. The normalized spacial score (nSPS) is 21.1. The second-order valence-corrected chi connectivity index (χ2v) is 9.54. The average Bonchev–Trinajstić information content (AvgIpc) is 3.32. The summed E-state index contributed by atoms with van der Waals surface area (Å²) in [7, 11) is -4.22. The zero-order valence-corrected chi connectivity index (χ0v) is 17.3. The molecule has 0 aromatic heterocycles. The van der Waals surface area contributed by atoms with Gasteiger partial charge in [0.2, 0.25) is 5.90 Å². The summed E-state index contributed by atoms with van der Waals surface area (Å²) < 4.78 is 32.9. The van der Waals surface area contributed by atoms with Crippen LogP contribution < -0.4 is 15.8 Å². The summed E-state index contributed by atoms with van der Waals surface area (Å²) >= 11 is 0. The quantitative estimate of drug-likeness (QED) is 0.690. The Bertz CT molecular complexity index is 982. The summed E-state index contributed by atoms with van der Waals surface area (Å²) in [6.45, 7) is 2.74. The van der Waals surface area contributed by atoms with Crippen molar-refractivity contribution in [1.82, 2.24) is 4.72 Å². The molecule has 0 spiro atoms. The molecule has 3 aliphatic rings. The van der Waals surface area contributed by atoms with Gasteiger partial charge >= 0.3 is 6.03 Å². The van der Waals surface area contributed by atoms with Crippen molar-refractivity contribution < 1.29 is 17.9 Å². The number of ether oxygens (including phenoxy) is 1. The van der Waals surface area contributed by atoms with E-state index >= 15 is 0 Å². The van der Waals surface area contributed by atoms with Gasteiger partial charge in [-0.1, -0.05) is 13.0 Å². The molecule has 1 aromatic rings. The fourth-order valence-corrected chi connectivity index (χ4v) is 5.20. The first-order valence-electron chi connectivity index (χ1n) is 9.99. The number of amides is 2. The number of benzene rings is 1. The molecule has 156 valence electrons. The summed E-state index contributed by atoms with van der Waals surface area (Å²) in [5, 5.41) is 2.81. The third-order valence-corrected chi connectivity index (χ3v) is 6.99. The molecular weight excluding hydrogens is 392 g/mol. The van der Waals surface area contributed by atoms with Crippen molar-refractivity contribution in [2.45, 2.75) is 45.4 Å². The van der Waals surface area contributed by atoms with E-state index < -0.39 is 16.1 Å². The number of hydrogen-bond acceptors (Lipinski definition) is 6. The van der Waals surface area contributed by atoms with E-state index in [4.69, 9.17) is 10.5 Å². The first-order chi connectivity index (χ1) is 13.9. The van der Waals surface area contributed by atoms with E-state index in [9.17, 15) is 13.2 Å². The molecule has 2 amide bonds. The molecule has 1 aliphatic heterocycles. The summed E-state index contributed by atoms with van der Waals surface area (Å²) in [6.07, 6.45) is 6.76. The summed E-state index contributed by atoms with van der Waals surface area (Å²) in [4.78, 5) is 16.4. The van der Waals surface area contributed by atoms with Crippen molar-refractivity contribution >= 4 is 27.6 Å². The van der Waals surface area contributed by atoms with Crippen LogP contribution in [-0.4, -0.2) is 33.5 Å². The Labute approximate surface area is 170 Å². The molecule has 0 saturated heterocycles. The molecule has 1 atom stereocenters. The maximum atomic E-state index is 12.7. The van der Waals surface area contributed by atoms with Crippen molar-refractivity contribution in [3.63, 3.8) is 0 Å². The zero-order valence-electron chi connectivity index (χ0n) is 16.5. The smallest absolute Gasteiger partial charge is 0.333 e. The number of carbonyl (C=O) groups is 1. The molecular formula is C20H26N4O4S. The topological polar surface area (TPSA) is 123 Å². The van der Waals surface area contributed by atoms with Crippen molar-refractivity contribution in [3.05, 3.63) is 39.4 Å². The summed E-state index contributed by atoms with van der Waals surface area (Å²) in [5.41, 5.74) is 11.1. The van der Waals surface area contributed by atoms with Gasteiger partial charge in [0.05, 0.1) is 6.61 Å². The Morgan fingerprint density at radius 3 is 2.41 bits per heavy atom. The van der Waals surface area contributed by atoms with E-state index in [0.717, 1.165) is 61.5 Å². The van der Waals surface area contributed by atoms with Crippen LogP contribution in [0, 0.1) is 5.92 Å². The number of nitrogens with two attached hydrogens (primary N) is 1. The van der Waals surface area contributed by atoms with Gasteiger partial charge in [-0.05, 0) is 60.8 Å². The van der Waals surface area contributed by atoms with Gasteiger partial charge in [-0.15, -0.1) is 0 Å². The monoisotopic (exact) mass is 418 g/mol. The Morgan fingerprint density at radius 2 is 1.86 bits per heavy atom. The van der Waals surface area contributed by atoms with Crippen LogP contribution in [0.5, 0.6) is 0 Å². The highest BCUT2D eigenvalue weighted by Crippen LogP contribution is 2.38. The molecule has 0 saturated carbocycles. The van der Waals surface area contributed by atoms with Crippen molar-refractivity contribution in [1.29, 1.82) is 0 Å². The molecule has 2 aliphatic carbocycles. The highest BCUT2D eigenvalue weighted by Gasteiger charge is 2.30. The Kier molecular flexibility index (Phi) is 5.24. The van der Waals surface area contributed by atoms with E-state index in [1.165, 1.54) is 11.1 Å². The van der Waals surface area contributed by atoms with Crippen molar-refractivity contribution in [2.24, 2.45) is 16.6 Å². The fraction of sp³-hybridized carbons (Fsp3) is 0.500. The van der Waals surface area contributed by atoms with Gasteiger partial charge in [0.25, 0.3) is 10.0 Å². The highest BCUT2D eigenvalue weighted by molar-refractivity contribution is 7.94. The lowest BCUT2D eigenvalue weighted by Crippen LogP contribution is -2.38. The van der Waals surface area contributed by atoms with E-state index in [2.05, 4.69) is 21.1 Å². The predicted molar refractivity (Wildman–Crippen MR) is 111 cm³/mol. The lowest BCUT2D eigenvalue weighted by molar-refractivity contribution is 0.233. The highest BCUT2D eigenvalue weighted by atomic mass is 32.2. The molecule has 1 aromatic carbocycles. The molecule has 8 nitrogen and oxygen atoms in total. The maximum Gasteiger partial charge on any atom is 0.333 e. The molecule has 4 rings (SSSR count). The van der Waals surface area contributed by atoms with Gasteiger partial charge < -0.3 is 15.8 Å². The van der Waals surface area contributed by atoms with Crippen LogP contribution in [0.25, 0.3) is 0 Å². The number of aryl methyl sites for hydroxylation is 2. The lowest BCUT2D eigenvalue weighted by atomic mass is 9.99. The standard InChI is InChI=1S/C20H26N4O4S/c1-12-10-22-19(28-11-12)17(9-21)29(26,27)24-20(25)23-18-15-6-2-4-13(15)8-14-5-3-7-16(14)18/h8-9,12H,2-7,10-11,21H2,1H3,(H2,23,24,25)/t12-/m1/s1. The van der Waals surface area contributed by atoms with Crippen molar-refractivity contribution in [3.8, 4) is 0 Å². The average molecular weight is 419 g/mol. The number of fused-ring (bicyclic) bond motifs is 2. The van der Waals surface area contributed by atoms with Gasteiger partial charge in [-0.25, -0.2) is 17.9 Å². The second kappa shape index (κ2) is 7.70. The Hall–Kier alpha value is -2.55. The number of nitrogens with zero attached hydrogens (tertiary/aromatic N) is 1. The number of anilines is 1. The van der Waals surface area contributed by atoms with Crippen LogP contribution in [0.4, 0.5) is 10.5 Å². The minimum atomic E-state index is -4.22. The number of hydrogen-bond donors (Lipinski definition) is 3. The first-order valence-corrected chi connectivity index (χ1v) is 11.5. The third-order valence-electron chi connectivity index (χ3n) is 5.64. The van der Waals surface area contributed by atoms with E-state index in [1.54, 1.807) is 0 Å². The van der Waals surface area contributed by atoms with Crippen LogP contribution in [0.15, 0.2) is 22.2 Å². The lowest BCUT2D eigenvalue weighted by Gasteiger charge is -2.21. The minimum Gasteiger partial charge on any atom is -0.477 e. The van der Waals surface area contributed by atoms with Crippen LogP contribution in [-0.2, 0) is 40.4 Å². The maximum absolute atomic E-state index is 12.7. The second-order valence-electron chi connectivity index (χ2n) is 7.89.